The maximum absolute atomic E-state index is 9.98. The SMILES string of the molecule is O[C@@H]1CCCN([C@H]2CCN(c3nccc(-c4ccc5ccccc5c4)n3)C2)C1. The second-order valence-corrected chi connectivity index (χ2v) is 7.98. The molecule has 0 unspecified atom stereocenters. The van der Waals surface area contributed by atoms with Crippen LogP contribution in [0.5, 0.6) is 0 Å². The largest absolute Gasteiger partial charge is 0.392 e. The van der Waals surface area contributed by atoms with Crippen LogP contribution in [-0.2, 0) is 0 Å². The van der Waals surface area contributed by atoms with Crippen LogP contribution in [0.4, 0.5) is 5.95 Å². The molecule has 2 aromatic carbocycles. The number of anilines is 1. The van der Waals surface area contributed by atoms with Crippen LogP contribution in [0.3, 0.4) is 0 Å². The smallest absolute Gasteiger partial charge is 0.225 e. The molecular formula is C23H26N4O. The van der Waals surface area contributed by atoms with Gasteiger partial charge in [-0.2, -0.15) is 0 Å². The Labute approximate surface area is 165 Å². The Bertz CT molecular complexity index is 975. The Morgan fingerprint density at radius 1 is 0.929 bits per heavy atom. The van der Waals surface area contributed by atoms with E-state index in [4.69, 9.17) is 4.98 Å². The maximum atomic E-state index is 9.98. The van der Waals surface area contributed by atoms with Crippen molar-refractivity contribution < 1.29 is 5.11 Å². The van der Waals surface area contributed by atoms with Gasteiger partial charge in [0.1, 0.15) is 0 Å². The number of piperidine rings is 1. The average molecular weight is 374 g/mol. The van der Waals surface area contributed by atoms with Gasteiger partial charge in [-0.05, 0) is 48.7 Å². The van der Waals surface area contributed by atoms with Crippen LogP contribution in [0.2, 0.25) is 0 Å². The Hall–Kier alpha value is -2.50. The lowest BCUT2D eigenvalue weighted by molar-refractivity contribution is 0.0513. The fourth-order valence-electron chi connectivity index (χ4n) is 4.55. The van der Waals surface area contributed by atoms with Gasteiger partial charge in [-0.15, -0.1) is 0 Å². The lowest BCUT2D eigenvalue weighted by Gasteiger charge is -2.34. The molecule has 0 radical (unpaired) electrons. The van der Waals surface area contributed by atoms with Gasteiger partial charge in [0.05, 0.1) is 11.8 Å². The van der Waals surface area contributed by atoms with Crippen LogP contribution in [0.15, 0.2) is 54.7 Å². The molecule has 2 aliphatic rings. The summed E-state index contributed by atoms with van der Waals surface area (Å²) in [7, 11) is 0. The standard InChI is InChI=1S/C23H26N4O/c28-21-6-3-12-26(16-21)20-10-13-27(15-20)23-24-11-9-22(25-23)19-8-7-17-4-1-2-5-18(17)14-19/h1-2,4-5,7-9,11,14,20-21,28H,3,6,10,12-13,15-16H2/t20-,21+/m0/s1. The first-order valence-corrected chi connectivity index (χ1v) is 10.3. The summed E-state index contributed by atoms with van der Waals surface area (Å²) >= 11 is 0. The molecule has 1 N–H and O–H groups in total. The first kappa shape index (κ1) is 17.6. The number of likely N-dealkylation sites (tertiary alicyclic amines) is 1. The third-order valence-electron chi connectivity index (χ3n) is 6.08. The molecular weight excluding hydrogens is 348 g/mol. The highest BCUT2D eigenvalue weighted by Crippen LogP contribution is 2.26. The summed E-state index contributed by atoms with van der Waals surface area (Å²) in [6.07, 6.45) is 4.83. The third kappa shape index (κ3) is 3.48. The monoisotopic (exact) mass is 374 g/mol. The maximum Gasteiger partial charge on any atom is 0.225 e. The zero-order valence-corrected chi connectivity index (χ0v) is 16.0. The van der Waals surface area contributed by atoms with E-state index in [9.17, 15) is 5.11 Å². The molecule has 1 aromatic heterocycles. The molecule has 5 rings (SSSR count). The van der Waals surface area contributed by atoms with Crippen molar-refractivity contribution in [1.82, 2.24) is 14.9 Å². The van der Waals surface area contributed by atoms with Crippen LogP contribution in [0, 0.1) is 0 Å². The van der Waals surface area contributed by atoms with Crippen molar-refractivity contribution in [3.63, 3.8) is 0 Å². The zero-order chi connectivity index (χ0) is 18.9. The van der Waals surface area contributed by atoms with E-state index in [2.05, 4.69) is 57.2 Å². The number of hydrogen-bond acceptors (Lipinski definition) is 5. The fraction of sp³-hybridized carbons (Fsp3) is 0.391. The predicted molar refractivity (Wildman–Crippen MR) is 112 cm³/mol. The fourth-order valence-corrected chi connectivity index (χ4v) is 4.55. The molecule has 2 aliphatic heterocycles. The van der Waals surface area contributed by atoms with Crippen molar-refractivity contribution in [1.29, 1.82) is 0 Å². The third-order valence-corrected chi connectivity index (χ3v) is 6.08. The number of aliphatic hydroxyl groups is 1. The molecule has 5 heteroatoms. The van der Waals surface area contributed by atoms with Crippen molar-refractivity contribution >= 4 is 16.7 Å². The van der Waals surface area contributed by atoms with E-state index in [1.807, 2.05) is 12.3 Å². The van der Waals surface area contributed by atoms with Crippen LogP contribution in [-0.4, -0.2) is 58.3 Å². The van der Waals surface area contributed by atoms with Gasteiger partial charge in [-0.3, -0.25) is 4.90 Å². The average Bonchev–Trinajstić information content (AvgIpc) is 3.24. The number of aromatic nitrogens is 2. The topological polar surface area (TPSA) is 52.5 Å². The highest BCUT2D eigenvalue weighted by atomic mass is 16.3. The normalized spacial score (nSPS) is 23.4. The minimum Gasteiger partial charge on any atom is -0.392 e. The van der Waals surface area contributed by atoms with Crippen LogP contribution < -0.4 is 4.90 Å². The molecule has 3 aromatic rings. The Morgan fingerprint density at radius 2 is 1.82 bits per heavy atom. The first-order chi connectivity index (χ1) is 13.8. The molecule has 2 saturated heterocycles. The summed E-state index contributed by atoms with van der Waals surface area (Å²) in [5.74, 6) is 0.811. The molecule has 0 spiro atoms. The van der Waals surface area contributed by atoms with Gasteiger partial charge in [0.15, 0.2) is 0 Å². The number of nitrogens with zero attached hydrogens (tertiary/aromatic N) is 4. The van der Waals surface area contributed by atoms with Gasteiger partial charge in [0, 0.05) is 37.4 Å². The summed E-state index contributed by atoms with van der Waals surface area (Å²) in [6, 6.07) is 17.4. The Morgan fingerprint density at radius 3 is 2.71 bits per heavy atom. The van der Waals surface area contributed by atoms with Crippen molar-refractivity contribution in [3.8, 4) is 11.3 Å². The van der Waals surface area contributed by atoms with E-state index in [0.29, 0.717) is 6.04 Å². The van der Waals surface area contributed by atoms with E-state index in [1.165, 1.54) is 10.8 Å². The summed E-state index contributed by atoms with van der Waals surface area (Å²) in [5.41, 5.74) is 2.09. The number of β-amino-alcohol motifs (C(OH)–C–C–N with tert-alkyl or cyclic N) is 1. The van der Waals surface area contributed by atoms with E-state index in [-0.39, 0.29) is 6.10 Å². The molecule has 2 fully saturated rings. The molecule has 5 nitrogen and oxygen atoms in total. The van der Waals surface area contributed by atoms with Gasteiger partial charge in [-0.25, -0.2) is 9.97 Å². The molecule has 2 atom stereocenters. The lowest BCUT2D eigenvalue weighted by atomic mass is 10.1. The minimum atomic E-state index is -0.171. The quantitative estimate of drug-likeness (QED) is 0.762. The Kier molecular flexibility index (Phi) is 4.71. The van der Waals surface area contributed by atoms with Gasteiger partial charge < -0.3 is 10.0 Å². The van der Waals surface area contributed by atoms with Crippen molar-refractivity contribution in [2.75, 3.05) is 31.1 Å². The number of hydrogen-bond donors (Lipinski definition) is 1. The van der Waals surface area contributed by atoms with Crippen molar-refractivity contribution in [2.24, 2.45) is 0 Å². The number of benzene rings is 2. The summed E-state index contributed by atoms with van der Waals surface area (Å²) < 4.78 is 0. The summed E-state index contributed by atoms with van der Waals surface area (Å²) in [6.45, 7) is 3.80. The van der Waals surface area contributed by atoms with E-state index in [1.54, 1.807) is 0 Å². The van der Waals surface area contributed by atoms with Gasteiger partial charge in [0.25, 0.3) is 0 Å². The minimum absolute atomic E-state index is 0.171. The van der Waals surface area contributed by atoms with Crippen molar-refractivity contribution in [3.05, 3.63) is 54.7 Å². The molecule has 0 amide bonds. The highest BCUT2D eigenvalue weighted by molar-refractivity contribution is 5.86. The van der Waals surface area contributed by atoms with E-state index < -0.39 is 0 Å². The predicted octanol–water partition coefficient (Wildman–Crippen LogP) is 3.33. The molecule has 144 valence electrons. The second-order valence-electron chi connectivity index (χ2n) is 7.98. The van der Waals surface area contributed by atoms with E-state index >= 15 is 0 Å². The number of fused-ring (bicyclic) bond motifs is 1. The van der Waals surface area contributed by atoms with E-state index in [0.717, 1.165) is 62.6 Å². The second kappa shape index (κ2) is 7.49. The molecule has 0 bridgehead atoms. The van der Waals surface area contributed by atoms with Crippen molar-refractivity contribution in [2.45, 2.75) is 31.4 Å². The molecule has 0 saturated carbocycles. The number of rotatable bonds is 3. The molecule has 3 heterocycles. The summed E-state index contributed by atoms with van der Waals surface area (Å²) in [5, 5.41) is 12.4. The van der Waals surface area contributed by atoms with Gasteiger partial charge in [0.2, 0.25) is 5.95 Å². The highest BCUT2D eigenvalue weighted by Gasteiger charge is 2.31. The first-order valence-electron chi connectivity index (χ1n) is 10.3. The van der Waals surface area contributed by atoms with Crippen LogP contribution in [0.1, 0.15) is 19.3 Å². The van der Waals surface area contributed by atoms with Crippen LogP contribution in [0.25, 0.3) is 22.0 Å². The Balaban J connectivity index is 1.35. The molecule has 28 heavy (non-hydrogen) atoms. The van der Waals surface area contributed by atoms with Gasteiger partial charge in [-0.1, -0.05) is 36.4 Å². The summed E-state index contributed by atoms with van der Waals surface area (Å²) in [4.78, 5) is 14.2. The zero-order valence-electron chi connectivity index (χ0n) is 16.0. The van der Waals surface area contributed by atoms with Gasteiger partial charge >= 0.3 is 0 Å². The number of aliphatic hydroxyl groups excluding tert-OH is 1. The van der Waals surface area contributed by atoms with Crippen LogP contribution >= 0.6 is 0 Å². The molecule has 0 aliphatic carbocycles. The lowest BCUT2D eigenvalue weighted by Crippen LogP contribution is -2.45.